The van der Waals surface area contributed by atoms with Crippen LogP contribution in [0.4, 0.5) is 0 Å². The molecule has 26 heavy (non-hydrogen) atoms. The predicted octanol–water partition coefficient (Wildman–Crippen LogP) is 2.68. The average molecular weight is 354 g/mol. The van der Waals surface area contributed by atoms with Crippen molar-refractivity contribution in [2.75, 3.05) is 26.9 Å². The molecule has 0 spiro atoms. The van der Waals surface area contributed by atoms with Crippen molar-refractivity contribution in [1.82, 2.24) is 14.8 Å². The van der Waals surface area contributed by atoms with E-state index in [0.29, 0.717) is 31.5 Å². The first kappa shape index (κ1) is 17.8. The van der Waals surface area contributed by atoms with E-state index in [4.69, 9.17) is 19.9 Å². The molecule has 3 aromatic rings. The average Bonchev–Trinajstić information content (AvgIpc) is 3.11. The van der Waals surface area contributed by atoms with E-state index in [1.165, 1.54) is 0 Å². The molecule has 0 atom stereocenters. The Morgan fingerprint density at radius 3 is 2.46 bits per heavy atom. The zero-order valence-electron chi connectivity index (χ0n) is 14.9. The molecule has 2 heterocycles. The van der Waals surface area contributed by atoms with Gasteiger partial charge in [0.15, 0.2) is 0 Å². The first-order valence-electron chi connectivity index (χ1n) is 8.41. The standard InChI is InChI=1S/C19H22N4O3/c1-3-25-19-12-17(14-4-7-16(8-5-14)26-11-10-20)23(22-19)15-6-9-18(24-2)21-13-15/h4-9,12-13H,3,10-11,20H2,1-2H3. The topological polar surface area (TPSA) is 84.4 Å². The van der Waals surface area contributed by atoms with Gasteiger partial charge in [0.05, 0.1) is 31.3 Å². The number of pyridine rings is 1. The molecule has 3 rings (SSSR count). The van der Waals surface area contributed by atoms with Crippen molar-refractivity contribution in [1.29, 1.82) is 0 Å². The number of hydrogen-bond donors (Lipinski definition) is 1. The lowest BCUT2D eigenvalue weighted by Crippen LogP contribution is -2.10. The summed E-state index contributed by atoms with van der Waals surface area (Å²) in [5, 5.41) is 4.54. The van der Waals surface area contributed by atoms with Crippen LogP contribution in [0.1, 0.15) is 6.92 Å². The third-order valence-electron chi connectivity index (χ3n) is 3.69. The van der Waals surface area contributed by atoms with Gasteiger partial charge in [0.25, 0.3) is 0 Å². The molecule has 136 valence electrons. The highest BCUT2D eigenvalue weighted by Crippen LogP contribution is 2.28. The molecule has 0 saturated heterocycles. The fraction of sp³-hybridized carbons (Fsp3) is 0.263. The first-order valence-corrected chi connectivity index (χ1v) is 8.41. The molecule has 1 aromatic carbocycles. The van der Waals surface area contributed by atoms with E-state index in [1.54, 1.807) is 24.1 Å². The summed E-state index contributed by atoms with van der Waals surface area (Å²) in [5.41, 5.74) is 8.16. The Hall–Kier alpha value is -3.06. The van der Waals surface area contributed by atoms with Crippen LogP contribution in [-0.4, -0.2) is 41.6 Å². The van der Waals surface area contributed by atoms with E-state index >= 15 is 0 Å². The number of aromatic nitrogens is 3. The summed E-state index contributed by atoms with van der Waals surface area (Å²) >= 11 is 0. The number of nitrogens with zero attached hydrogens (tertiary/aromatic N) is 3. The molecular formula is C19H22N4O3. The van der Waals surface area contributed by atoms with Crippen LogP contribution in [0, 0.1) is 0 Å². The summed E-state index contributed by atoms with van der Waals surface area (Å²) in [4.78, 5) is 4.26. The van der Waals surface area contributed by atoms with Gasteiger partial charge in [-0.3, -0.25) is 0 Å². The Labute approximate surface area is 152 Å². The zero-order valence-corrected chi connectivity index (χ0v) is 14.9. The van der Waals surface area contributed by atoms with Crippen LogP contribution in [0.2, 0.25) is 0 Å². The van der Waals surface area contributed by atoms with Crippen LogP contribution in [0.5, 0.6) is 17.5 Å². The summed E-state index contributed by atoms with van der Waals surface area (Å²) in [6.07, 6.45) is 1.71. The van der Waals surface area contributed by atoms with Gasteiger partial charge < -0.3 is 19.9 Å². The lowest BCUT2D eigenvalue weighted by molar-refractivity contribution is 0.324. The summed E-state index contributed by atoms with van der Waals surface area (Å²) in [6.45, 7) is 3.44. The monoisotopic (exact) mass is 354 g/mol. The van der Waals surface area contributed by atoms with Crippen LogP contribution < -0.4 is 19.9 Å². The van der Waals surface area contributed by atoms with Gasteiger partial charge in [0.1, 0.15) is 12.4 Å². The summed E-state index contributed by atoms with van der Waals surface area (Å²) < 4.78 is 18.0. The fourth-order valence-electron chi connectivity index (χ4n) is 2.50. The Kier molecular flexibility index (Phi) is 5.70. The Bertz CT molecular complexity index is 829. The van der Waals surface area contributed by atoms with Gasteiger partial charge >= 0.3 is 0 Å². The lowest BCUT2D eigenvalue weighted by Gasteiger charge is -2.09. The molecule has 7 nitrogen and oxygen atoms in total. The lowest BCUT2D eigenvalue weighted by atomic mass is 10.1. The summed E-state index contributed by atoms with van der Waals surface area (Å²) in [7, 11) is 1.59. The van der Waals surface area contributed by atoms with Gasteiger partial charge in [0, 0.05) is 24.2 Å². The third kappa shape index (κ3) is 3.94. The Morgan fingerprint density at radius 2 is 1.85 bits per heavy atom. The first-order chi connectivity index (χ1) is 12.7. The van der Waals surface area contributed by atoms with Gasteiger partial charge in [-0.2, -0.15) is 0 Å². The molecule has 2 N–H and O–H groups in total. The van der Waals surface area contributed by atoms with Crippen molar-refractivity contribution >= 4 is 0 Å². The van der Waals surface area contributed by atoms with E-state index in [9.17, 15) is 0 Å². The predicted molar refractivity (Wildman–Crippen MR) is 99.1 cm³/mol. The van der Waals surface area contributed by atoms with Crippen molar-refractivity contribution in [3.8, 4) is 34.5 Å². The molecule has 0 radical (unpaired) electrons. The maximum absolute atomic E-state index is 5.58. The van der Waals surface area contributed by atoms with E-state index in [-0.39, 0.29) is 0 Å². The van der Waals surface area contributed by atoms with Gasteiger partial charge in [-0.1, -0.05) is 0 Å². The van der Waals surface area contributed by atoms with Crippen molar-refractivity contribution in [2.45, 2.75) is 6.92 Å². The Balaban J connectivity index is 1.96. The van der Waals surface area contributed by atoms with E-state index < -0.39 is 0 Å². The summed E-state index contributed by atoms with van der Waals surface area (Å²) in [6, 6.07) is 13.4. The molecule has 0 aliphatic rings. The highest BCUT2D eigenvalue weighted by molar-refractivity contribution is 5.64. The SMILES string of the molecule is CCOc1cc(-c2ccc(OCCN)cc2)n(-c2ccc(OC)nc2)n1. The van der Waals surface area contributed by atoms with Crippen LogP contribution >= 0.6 is 0 Å². The molecule has 7 heteroatoms. The minimum atomic E-state index is 0.483. The number of methoxy groups -OCH3 is 1. The van der Waals surface area contributed by atoms with Crippen molar-refractivity contribution < 1.29 is 14.2 Å². The second-order valence-electron chi connectivity index (χ2n) is 5.43. The van der Waals surface area contributed by atoms with E-state index in [0.717, 1.165) is 22.7 Å². The zero-order chi connectivity index (χ0) is 18.4. The van der Waals surface area contributed by atoms with Crippen LogP contribution in [0.3, 0.4) is 0 Å². The van der Waals surface area contributed by atoms with Gasteiger partial charge in [-0.25, -0.2) is 9.67 Å². The van der Waals surface area contributed by atoms with E-state index in [1.807, 2.05) is 43.3 Å². The molecule has 0 fully saturated rings. The van der Waals surface area contributed by atoms with Crippen LogP contribution in [0.25, 0.3) is 16.9 Å². The van der Waals surface area contributed by atoms with Crippen molar-refractivity contribution in [3.05, 3.63) is 48.7 Å². The van der Waals surface area contributed by atoms with Crippen molar-refractivity contribution in [2.24, 2.45) is 5.73 Å². The second kappa shape index (κ2) is 8.35. The Morgan fingerprint density at radius 1 is 1.04 bits per heavy atom. The number of nitrogens with two attached hydrogens (primary N) is 1. The number of hydrogen-bond acceptors (Lipinski definition) is 6. The molecule has 0 aliphatic carbocycles. The quantitative estimate of drug-likeness (QED) is 0.669. The normalized spacial score (nSPS) is 10.6. The minimum absolute atomic E-state index is 0.483. The smallest absolute Gasteiger partial charge is 0.233 e. The molecule has 0 bridgehead atoms. The maximum atomic E-state index is 5.58. The molecule has 0 aliphatic heterocycles. The van der Waals surface area contributed by atoms with Gasteiger partial charge in [0.2, 0.25) is 11.8 Å². The second-order valence-corrected chi connectivity index (χ2v) is 5.43. The highest BCUT2D eigenvalue weighted by atomic mass is 16.5. The molecule has 2 aromatic heterocycles. The molecule has 0 amide bonds. The molecular weight excluding hydrogens is 332 g/mol. The number of benzene rings is 1. The van der Waals surface area contributed by atoms with Crippen LogP contribution in [0.15, 0.2) is 48.7 Å². The minimum Gasteiger partial charge on any atom is -0.492 e. The largest absolute Gasteiger partial charge is 0.492 e. The van der Waals surface area contributed by atoms with Crippen molar-refractivity contribution in [3.63, 3.8) is 0 Å². The maximum Gasteiger partial charge on any atom is 0.233 e. The highest BCUT2D eigenvalue weighted by Gasteiger charge is 2.13. The fourth-order valence-corrected chi connectivity index (χ4v) is 2.50. The molecule has 0 saturated carbocycles. The number of rotatable bonds is 8. The number of ether oxygens (including phenoxy) is 3. The van der Waals surface area contributed by atoms with Gasteiger partial charge in [-0.05, 0) is 37.3 Å². The third-order valence-corrected chi connectivity index (χ3v) is 3.69. The van der Waals surface area contributed by atoms with E-state index in [2.05, 4.69) is 10.1 Å². The molecule has 0 unspecified atom stereocenters. The van der Waals surface area contributed by atoms with Crippen LogP contribution in [-0.2, 0) is 0 Å². The summed E-state index contributed by atoms with van der Waals surface area (Å²) in [5.74, 6) is 1.89. The van der Waals surface area contributed by atoms with Gasteiger partial charge in [-0.15, -0.1) is 5.10 Å².